The maximum absolute atomic E-state index is 8.89. The third kappa shape index (κ3) is 18300. The normalized spacial score (nSPS) is 5.77. The molecule has 0 aromatic heterocycles. The molecule has 0 aliphatic rings. The Hall–Kier alpha value is -0.790. The Morgan fingerprint density at radius 3 is 0.346 bits per heavy atom. The predicted octanol–water partition coefficient (Wildman–Crippen LogP) is -7.46. The van der Waals surface area contributed by atoms with E-state index in [4.69, 9.17) is 59.4 Å². The average Bonchev–Trinajstić information content (AvgIpc) is 2.08. The first-order chi connectivity index (χ1) is 10.4. The van der Waals surface area contributed by atoms with Crippen LogP contribution in [0.25, 0.3) is 0 Å². The van der Waals surface area contributed by atoms with Crippen LogP contribution in [0, 0.1) is 71.2 Å². The minimum Gasteiger partial charge on any atom is -0.550 e. The van der Waals surface area contributed by atoms with Crippen LogP contribution < -0.4 is 30.6 Å². The Labute approximate surface area is 206 Å². The Morgan fingerprint density at radius 1 is 0.346 bits per heavy atom. The summed E-state index contributed by atoms with van der Waals surface area (Å²) in [5.74, 6) is -6.50. The molecule has 0 amide bonds. The Morgan fingerprint density at radius 2 is 0.346 bits per heavy atom. The molecule has 0 unspecified atom stereocenters. The summed E-state index contributed by atoms with van der Waals surface area (Å²) in [6.07, 6.45) is 0. The molecule has 12 nitrogen and oxygen atoms in total. The molecule has 0 aromatic rings. The quantitative estimate of drug-likeness (QED) is 0.242. The molecule has 0 rings (SSSR count). The van der Waals surface area contributed by atoms with Gasteiger partial charge in [0, 0.05) is 35.8 Å². The third-order valence-corrected chi connectivity index (χ3v) is 0. The second-order valence-corrected chi connectivity index (χ2v) is 2.95. The number of carboxylic acids is 6. The molecule has 0 aromatic carbocycles. The van der Waals surface area contributed by atoms with Crippen LogP contribution in [0.5, 0.6) is 0 Å². The van der Waals surface area contributed by atoms with Crippen molar-refractivity contribution in [2.75, 3.05) is 0 Å². The number of carboxylic acid groups (broad SMARTS) is 6. The number of carbonyl (C=O) groups is 6. The van der Waals surface area contributed by atoms with E-state index in [-0.39, 0.29) is 71.2 Å². The standard InChI is InChI=1S/6C2H4O2.2La/c6*1-2(3)4;;/h6*1H3,(H,3,4);;/q;;;;;;2*+3/p-6. The number of rotatable bonds is 0. The van der Waals surface area contributed by atoms with Gasteiger partial charge in [-0.25, -0.2) is 0 Å². The van der Waals surface area contributed by atoms with E-state index in [1.54, 1.807) is 0 Å². The summed E-state index contributed by atoms with van der Waals surface area (Å²) in [5, 5.41) is 53.3. The minimum absolute atomic E-state index is 0. The summed E-state index contributed by atoms with van der Waals surface area (Å²) in [4.78, 5) is 53.3. The summed E-state index contributed by atoms with van der Waals surface area (Å²) >= 11 is 0. The zero-order valence-corrected chi connectivity index (χ0v) is 22.3. The Kier molecular flexibility index (Phi) is 84.5. The Bertz CT molecular complexity index is 265. The van der Waals surface area contributed by atoms with Crippen molar-refractivity contribution in [3.8, 4) is 0 Å². The van der Waals surface area contributed by atoms with Gasteiger partial charge in [0.25, 0.3) is 0 Å². The maximum Gasteiger partial charge on any atom is 3.00 e. The van der Waals surface area contributed by atoms with Gasteiger partial charge in [-0.15, -0.1) is 0 Å². The number of aliphatic carboxylic acids is 6. The summed E-state index contributed by atoms with van der Waals surface area (Å²) in [6.45, 7) is 5.83. The van der Waals surface area contributed by atoms with Crippen molar-refractivity contribution in [2.45, 2.75) is 41.5 Å². The molecule has 14 heteroatoms. The van der Waals surface area contributed by atoms with Crippen LogP contribution in [0.1, 0.15) is 41.5 Å². The molecule has 0 fully saturated rings. The molecule has 0 N–H and O–H groups in total. The van der Waals surface area contributed by atoms with Gasteiger partial charge in [0.15, 0.2) is 0 Å². The van der Waals surface area contributed by atoms with E-state index in [9.17, 15) is 0 Å². The van der Waals surface area contributed by atoms with Crippen LogP contribution in [0.4, 0.5) is 0 Å². The van der Waals surface area contributed by atoms with Crippen molar-refractivity contribution in [2.24, 2.45) is 0 Å². The third-order valence-electron chi connectivity index (χ3n) is 0. The molecule has 0 saturated heterocycles. The van der Waals surface area contributed by atoms with Crippen molar-refractivity contribution < 1.29 is 131 Å². The van der Waals surface area contributed by atoms with E-state index in [1.165, 1.54) is 0 Å². The molecule has 0 radical (unpaired) electrons. The first-order valence-corrected chi connectivity index (χ1v) is 5.45. The number of hydrogen-bond acceptors (Lipinski definition) is 12. The second kappa shape index (κ2) is 44.0. The van der Waals surface area contributed by atoms with Crippen LogP contribution in [0.2, 0.25) is 0 Å². The number of carbonyl (C=O) groups excluding carboxylic acids is 6. The molecule has 144 valence electrons. The van der Waals surface area contributed by atoms with Gasteiger partial charge in [0.05, 0.1) is 0 Å². The van der Waals surface area contributed by atoms with E-state index in [0.717, 1.165) is 41.5 Å². The van der Waals surface area contributed by atoms with E-state index >= 15 is 0 Å². The fourth-order valence-electron chi connectivity index (χ4n) is 0. The van der Waals surface area contributed by atoms with Gasteiger partial charge in [0.1, 0.15) is 0 Å². The van der Waals surface area contributed by atoms with Gasteiger partial charge in [-0.2, -0.15) is 0 Å². The average molecular weight is 632 g/mol. The molecule has 0 bridgehead atoms. The van der Waals surface area contributed by atoms with Gasteiger partial charge < -0.3 is 59.4 Å². The van der Waals surface area contributed by atoms with Crippen LogP contribution >= 0.6 is 0 Å². The first kappa shape index (κ1) is 49.9. The summed E-state index contributed by atoms with van der Waals surface area (Å²) < 4.78 is 0. The molecule has 0 aliphatic carbocycles. The SMILES string of the molecule is CC(=O)[O-].CC(=O)[O-].CC(=O)[O-].CC(=O)[O-].CC(=O)[O-].CC(=O)[O-].[La+3].[La+3]. The van der Waals surface area contributed by atoms with Crippen LogP contribution in [-0.2, 0) is 28.8 Å². The van der Waals surface area contributed by atoms with E-state index in [2.05, 4.69) is 0 Å². The van der Waals surface area contributed by atoms with E-state index < -0.39 is 35.8 Å². The molecule has 0 aliphatic heterocycles. The Balaban J connectivity index is -0.0000000245. The summed E-state index contributed by atoms with van der Waals surface area (Å²) in [6, 6.07) is 0. The molecular formula is C12H18La2O12. The monoisotopic (exact) mass is 632 g/mol. The van der Waals surface area contributed by atoms with Gasteiger partial charge in [-0.3, -0.25) is 0 Å². The first-order valence-electron chi connectivity index (χ1n) is 5.45. The molecule has 0 atom stereocenters. The molecular weight excluding hydrogens is 614 g/mol. The fraction of sp³-hybridized carbons (Fsp3) is 0.500. The smallest absolute Gasteiger partial charge is 0.550 e. The zero-order valence-electron chi connectivity index (χ0n) is 15.1. The van der Waals surface area contributed by atoms with E-state index in [0.29, 0.717) is 0 Å². The van der Waals surface area contributed by atoms with Crippen molar-refractivity contribution in [1.82, 2.24) is 0 Å². The molecule has 0 heterocycles. The number of hydrogen-bond donors (Lipinski definition) is 0. The second-order valence-electron chi connectivity index (χ2n) is 2.95. The van der Waals surface area contributed by atoms with Crippen molar-refractivity contribution in [3.63, 3.8) is 0 Å². The zero-order chi connectivity index (χ0) is 21.5. The van der Waals surface area contributed by atoms with Crippen molar-refractivity contribution in [3.05, 3.63) is 0 Å². The minimum atomic E-state index is -1.08. The molecule has 0 saturated carbocycles. The van der Waals surface area contributed by atoms with Crippen LogP contribution in [0.3, 0.4) is 0 Å². The largest absolute Gasteiger partial charge is 3.00 e. The van der Waals surface area contributed by atoms with Gasteiger partial charge >= 0.3 is 71.2 Å². The predicted molar refractivity (Wildman–Crippen MR) is 64.1 cm³/mol. The van der Waals surface area contributed by atoms with Gasteiger partial charge in [0.2, 0.25) is 0 Å². The van der Waals surface area contributed by atoms with E-state index in [1.807, 2.05) is 0 Å². The topological polar surface area (TPSA) is 241 Å². The van der Waals surface area contributed by atoms with Crippen molar-refractivity contribution in [1.29, 1.82) is 0 Å². The summed E-state index contributed by atoms with van der Waals surface area (Å²) in [5.41, 5.74) is 0. The fourth-order valence-corrected chi connectivity index (χ4v) is 0. The molecule has 0 spiro atoms. The van der Waals surface area contributed by atoms with Gasteiger partial charge in [-0.05, 0) is 41.5 Å². The van der Waals surface area contributed by atoms with Gasteiger partial charge in [-0.1, -0.05) is 0 Å². The maximum atomic E-state index is 8.89. The van der Waals surface area contributed by atoms with Crippen LogP contribution in [0.15, 0.2) is 0 Å². The van der Waals surface area contributed by atoms with Crippen LogP contribution in [-0.4, -0.2) is 35.8 Å². The summed E-state index contributed by atoms with van der Waals surface area (Å²) in [7, 11) is 0. The molecule has 26 heavy (non-hydrogen) atoms. The van der Waals surface area contributed by atoms with Crippen molar-refractivity contribution >= 4 is 35.8 Å².